The standard InChI is InChI=1S/C12H15N3O3/c1-7(13)5-11(16)15(2)8-3-4-10-9(6-8)14-12(17)18-10/h3-4,6-7H,5,13H2,1-2H3,(H,14,17). The second kappa shape index (κ2) is 4.66. The Kier molecular flexibility index (Phi) is 3.20. The maximum absolute atomic E-state index is 11.8. The average molecular weight is 249 g/mol. The van der Waals surface area contributed by atoms with E-state index >= 15 is 0 Å². The van der Waals surface area contributed by atoms with Crippen molar-refractivity contribution in [1.29, 1.82) is 0 Å². The molecule has 1 aromatic carbocycles. The molecule has 6 nitrogen and oxygen atoms in total. The number of hydrogen-bond donors (Lipinski definition) is 2. The first-order valence-corrected chi connectivity index (χ1v) is 5.62. The van der Waals surface area contributed by atoms with Gasteiger partial charge in [0.05, 0.1) is 5.52 Å². The molecule has 0 aliphatic carbocycles. The van der Waals surface area contributed by atoms with Gasteiger partial charge in [-0.05, 0) is 25.1 Å². The van der Waals surface area contributed by atoms with E-state index in [9.17, 15) is 9.59 Å². The van der Waals surface area contributed by atoms with Crippen molar-refractivity contribution in [2.24, 2.45) is 5.73 Å². The first-order chi connectivity index (χ1) is 8.47. The van der Waals surface area contributed by atoms with Gasteiger partial charge in [-0.3, -0.25) is 9.78 Å². The highest BCUT2D eigenvalue weighted by molar-refractivity contribution is 5.94. The molecule has 2 rings (SSSR count). The molecule has 0 saturated carbocycles. The summed E-state index contributed by atoms with van der Waals surface area (Å²) >= 11 is 0. The van der Waals surface area contributed by atoms with Crippen molar-refractivity contribution in [2.75, 3.05) is 11.9 Å². The summed E-state index contributed by atoms with van der Waals surface area (Å²) in [6.45, 7) is 1.78. The molecular weight excluding hydrogens is 234 g/mol. The molecule has 0 spiro atoms. The number of carbonyl (C=O) groups excluding carboxylic acids is 1. The molecule has 0 fully saturated rings. The van der Waals surface area contributed by atoms with Gasteiger partial charge in [-0.1, -0.05) is 0 Å². The van der Waals surface area contributed by atoms with Gasteiger partial charge >= 0.3 is 5.76 Å². The van der Waals surface area contributed by atoms with Crippen molar-refractivity contribution in [3.63, 3.8) is 0 Å². The minimum atomic E-state index is -0.508. The van der Waals surface area contributed by atoms with E-state index in [4.69, 9.17) is 10.2 Å². The zero-order valence-electron chi connectivity index (χ0n) is 10.3. The molecule has 0 bridgehead atoms. The molecule has 96 valence electrons. The van der Waals surface area contributed by atoms with Crippen LogP contribution in [0.25, 0.3) is 11.1 Å². The molecule has 1 amide bonds. The Bertz CT molecular complexity index is 627. The van der Waals surface area contributed by atoms with Crippen LogP contribution in [0, 0.1) is 0 Å². The van der Waals surface area contributed by atoms with Crippen molar-refractivity contribution < 1.29 is 9.21 Å². The molecule has 2 aromatic rings. The molecule has 0 aliphatic heterocycles. The van der Waals surface area contributed by atoms with E-state index in [2.05, 4.69) is 4.98 Å². The third-order valence-corrected chi connectivity index (χ3v) is 2.66. The summed E-state index contributed by atoms with van der Waals surface area (Å²) in [6.07, 6.45) is 0.274. The third kappa shape index (κ3) is 2.43. The van der Waals surface area contributed by atoms with E-state index < -0.39 is 5.76 Å². The lowest BCUT2D eigenvalue weighted by molar-refractivity contribution is -0.118. The fraction of sp³-hybridized carbons (Fsp3) is 0.333. The Hall–Kier alpha value is -2.08. The number of H-pyrrole nitrogens is 1. The lowest BCUT2D eigenvalue weighted by Gasteiger charge is -2.18. The van der Waals surface area contributed by atoms with Gasteiger partial charge in [0.2, 0.25) is 5.91 Å². The number of oxazole rings is 1. The van der Waals surface area contributed by atoms with Crippen LogP contribution in [-0.4, -0.2) is 24.0 Å². The molecule has 1 heterocycles. The number of aromatic amines is 1. The average Bonchev–Trinajstić information content (AvgIpc) is 2.65. The number of carbonyl (C=O) groups is 1. The Morgan fingerprint density at radius 2 is 2.28 bits per heavy atom. The van der Waals surface area contributed by atoms with Crippen LogP contribution in [0.15, 0.2) is 27.4 Å². The van der Waals surface area contributed by atoms with Crippen LogP contribution < -0.4 is 16.4 Å². The number of amides is 1. The Balaban J connectivity index is 2.30. The second-order valence-electron chi connectivity index (χ2n) is 4.33. The highest BCUT2D eigenvalue weighted by Gasteiger charge is 2.13. The Morgan fingerprint density at radius 3 is 2.94 bits per heavy atom. The lowest BCUT2D eigenvalue weighted by atomic mass is 10.2. The van der Waals surface area contributed by atoms with E-state index in [0.29, 0.717) is 16.8 Å². The van der Waals surface area contributed by atoms with Gasteiger partial charge in [0.15, 0.2) is 5.58 Å². The molecular formula is C12H15N3O3. The lowest BCUT2D eigenvalue weighted by Crippen LogP contribution is -2.31. The number of hydrogen-bond acceptors (Lipinski definition) is 4. The van der Waals surface area contributed by atoms with Gasteiger partial charge in [0, 0.05) is 25.2 Å². The van der Waals surface area contributed by atoms with Crippen LogP contribution in [0.3, 0.4) is 0 Å². The van der Waals surface area contributed by atoms with Crippen molar-refractivity contribution >= 4 is 22.7 Å². The largest absolute Gasteiger partial charge is 0.417 e. The van der Waals surface area contributed by atoms with Crippen LogP contribution >= 0.6 is 0 Å². The quantitative estimate of drug-likeness (QED) is 0.842. The van der Waals surface area contributed by atoms with Crippen molar-refractivity contribution in [1.82, 2.24) is 4.98 Å². The summed E-state index contributed by atoms with van der Waals surface area (Å²) in [5, 5.41) is 0. The third-order valence-electron chi connectivity index (χ3n) is 2.66. The molecule has 0 aliphatic rings. The Labute approximate surface area is 103 Å². The zero-order valence-corrected chi connectivity index (χ0v) is 10.3. The van der Waals surface area contributed by atoms with E-state index in [0.717, 1.165) is 0 Å². The first kappa shape index (κ1) is 12.4. The van der Waals surface area contributed by atoms with Crippen LogP contribution in [-0.2, 0) is 4.79 Å². The summed E-state index contributed by atoms with van der Waals surface area (Å²) in [5.41, 5.74) is 7.32. The predicted molar refractivity (Wildman–Crippen MR) is 68.5 cm³/mol. The van der Waals surface area contributed by atoms with Gasteiger partial charge in [-0.15, -0.1) is 0 Å². The minimum Gasteiger partial charge on any atom is -0.408 e. The topological polar surface area (TPSA) is 92.3 Å². The first-order valence-electron chi connectivity index (χ1n) is 5.62. The van der Waals surface area contributed by atoms with E-state index in [1.807, 2.05) is 0 Å². The summed E-state index contributed by atoms with van der Waals surface area (Å²) in [7, 11) is 1.67. The molecule has 1 aromatic heterocycles. The van der Waals surface area contributed by atoms with Crippen molar-refractivity contribution in [3.05, 3.63) is 28.7 Å². The number of nitrogens with one attached hydrogen (secondary N) is 1. The molecule has 1 atom stereocenters. The summed E-state index contributed by atoms with van der Waals surface area (Å²) in [5.74, 6) is -0.582. The van der Waals surface area contributed by atoms with Gasteiger partial charge in [-0.25, -0.2) is 4.79 Å². The van der Waals surface area contributed by atoms with Crippen LogP contribution in [0.4, 0.5) is 5.69 Å². The highest BCUT2D eigenvalue weighted by atomic mass is 16.4. The molecule has 6 heteroatoms. The molecule has 0 saturated heterocycles. The molecule has 0 radical (unpaired) electrons. The minimum absolute atomic E-state index is 0.0739. The fourth-order valence-corrected chi connectivity index (χ4v) is 1.70. The van der Waals surface area contributed by atoms with Gasteiger partial charge in [0.25, 0.3) is 0 Å². The van der Waals surface area contributed by atoms with Crippen LogP contribution in [0.1, 0.15) is 13.3 Å². The summed E-state index contributed by atoms with van der Waals surface area (Å²) in [4.78, 5) is 26.9. The zero-order chi connectivity index (χ0) is 13.3. The van der Waals surface area contributed by atoms with Gasteiger partial charge in [-0.2, -0.15) is 0 Å². The maximum atomic E-state index is 11.8. The maximum Gasteiger partial charge on any atom is 0.417 e. The van der Waals surface area contributed by atoms with Crippen molar-refractivity contribution in [2.45, 2.75) is 19.4 Å². The fourth-order valence-electron chi connectivity index (χ4n) is 1.70. The predicted octanol–water partition coefficient (Wildman–Crippen LogP) is 0.821. The smallest absolute Gasteiger partial charge is 0.408 e. The Morgan fingerprint density at radius 1 is 1.56 bits per heavy atom. The van der Waals surface area contributed by atoms with Gasteiger partial charge < -0.3 is 15.1 Å². The molecule has 18 heavy (non-hydrogen) atoms. The number of rotatable bonds is 3. The number of nitrogens with zero attached hydrogens (tertiary/aromatic N) is 1. The molecule has 3 N–H and O–H groups in total. The van der Waals surface area contributed by atoms with E-state index in [-0.39, 0.29) is 18.4 Å². The van der Waals surface area contributed by atoms with Crippen molar-refractivity contribution in [3.8, 4) is 0 Å². The highest BCUT2D eigenvalue weighted by Crippen LogP contribution is 2.19. The number of anilines is 1. The number of benzene rings is 1. The summed E-state index contributed by atoms with van der Waals surface area (Å²) in [6, 6.07) is 4.88. The SMILES string of the molecule is CC(N)CC(=O)N(C)c1ccc2oc(=O)[nH]c2c1. The number of nitrogens with two attached hydrogens (primary N) is 1. The van der Waals surface area contributed by atoms with E-state index in [1.165, 1.54) is 4.90 Å². The number of aromatic nitrogens is 1. The normalized spacial score (nSPS) is 12.6. The number of fused-ring (bicyclic) bond motifs is 1. The monoisotopic (exact) mass is 249 g/mol. The second-order valence-corrected chi connectivity index (χ2v) is 4.33. The van der Waals surface area contributed by atoms with Crippen LogP contribution in [0.2, 0.25) is 0 Å². The summed E-state index contributed by atoms with van der Waals surface area (Å²) < 4.78 is 4.89. The van der Waals surface area contributed by atoms with Crippen LogP contribution in [0.5, 0.6) is 0 Å². The van der Waals surface area contributed by atoms with Gasteiger partial charge in [0.1, 0.15) is 0 Å². The molecule has 1 unspecified atom stereocenters. The van der Waals surface area contributed by atoms with E-state index in [1.54, 1.807) is 32.2 Å².